The lowest BCUT2D eigenvalue weighted by atomic mass is 10.3. The number of para-hydroxylation sites is 1. The Morgan fingerprint density at radius 1 is 1.04 bits per heavy atom. The highest BCUT2D eigenvalue weighted by Gasteiger charge is 2.19. The number of rotatable bonds is 5. The molecule has 0 unspecified atom stereocenters. The molecule has 0 atom stereocenters. The van der Waals surface area contributed by atoms with E-state index >= 15 is 0 Å². The minimum Gasteiger partial charge on any atom is -0.491 e. The van der Waals surface area contributed by atoms with Crippen LogP contribution in [0.3, 0.4) is 0 Å². The maximum Gasteiger partial charge on any atom is 0.225 e. The maximum atomic E-state index is 6.10. The molecule has 128 valence electrons. The van der Waals surface area contributed by atoms with Crippen molar-refractivity contribution in [2.45, 2.75) is 13.8 Å². The van der Waals surface area contributed by atoms with E-state index in [1.165, 1.54) is 0 Å². The van der Waals surface area contributed by atoms with E-state index in [2.05, 4.69) is 19.8 Å². The average molecular weight is 347 g/mol. The summed E-state index contributed by atoms with van der Waals surface area (Å²) < 4.78 is 5.77. The van der Waals surface area contributed by atoms with Crippen molar-refractivity contribution >= 4 is 17.5 Å². The van der Waals surface area contributed by atoms with Gasteiger partial charge in [-0.25, -0.2) is 9.97 Å². The normalized spacial score (nSPS) is 15.5. The van der Waals surface area contributed by atoms with Gasteiger partial charge in [0.1, 0.15) is 12.4 Å². The molecule has 2 aromatic rings. The van der Waals surface area contributed by atoms with Crippen LogP contribution >= 0.6 is 11.6 Å². The van der Waals surface area contributed by atoms with E-state index < -0.39 is 0 Å². The van der Waals surface area contributed by atoms with Crippen LogP contribution in [-0.2, 0) is 0 Å². The van der Waals surface area contributed by atoms with E-state index in [0.717, 1.165) is 55.8 Å². The van der Waals surface area contributed by atoms with Crippen molar-refractivity contribution in [1.82, 2.24) is 14.9 Å². The number of hydrogen-bond acceptors (Lipinski definition) is 5. The summed E-state index contributed by atoms with van der Waals surface area (Å²) in [6, 6.07) is 9.59. The van der Waals surface area contributed by atoms with Crippen LogP contribution in [0.1, 0.15) is 11.4 Å². The van der Waals surface area contributed by atoms with E-state index in [-0.39, 0.29) is 0 Å². The third kappa shape index (κ3) is 4.36. The van der Waals surface area contributed by atoms with Gasteiger partial charge in [-0.05, 0) is 32.0 Å². The van der Waals surface area contributed by atoms with Crippen LogP contribution < -0.4 is 9.64 Å². The number of piperazine rings is 1. The van der Waals surface area contributed by atoms with E-state index in [9.17, 15) is 0 Å². The van der Waals surface area contributed by atoms with E-state index in [0.29, 0.717) is 11.6 Å². The molecule has 1 fully saturated rings. The molecule has 1 aliphatic heterocycles. The lowest BCUT2D eigenvalue weighted by molar-refractivity contribution is 0.200. The van der Waals surface area contributed by atoms with Crippen LogP contribution in [0.15, 0.2) is 30.3 Å². The van der Waals surface area contributed by atoms with Crippen molar-refractivity contribution in [3.63, 3.8) is 0 Å². The Morgan fingerprint density at radius 2 is 1.71 bits per heavy atom. The standard InChI is InChI=1S/C18H23ClN4O/c1-14-13-15(2)21-18(20-14)23-9-7-22(8-10-23)11-12-24-17-6-4-3-5-16(17)19/h3-6,13H,7-12H2,1-2H3. The van der Waals surface area contributed by atoms with E-state index in [1.807, 2.05) is 44.2 Å². The number of nitrogens with zero attached hydrogens (tertiary/aromatic N) is 4. The van der Waals surface area contributed by atoms with Gasteiger partial charge in [0.05, 0.1) is 5.02 Å². The fourth-order valence-corrected chi connectivity index (χ4v) is 3.06. The highest BCUT2D eigenvalue weighted by atomic mass is 35.5. The van der Waals surface area contributed by atoms with Crippen molar-refractivity contribution < 1.29 is 4.74 Å². The largest absolute Gasteiger partial charge is 0.491 e. The second kappa shape index (κ2) is 7.81. The Balaban J connectivity index is 1.46. The topological polar surface area (TPSA) is 41.5 Å². The molecule has 0 amide bonds. The molecule has 6 heteroatoms. The van der Waals surface area contributed by atoms with Crippen molar-refractivity contribution in [2.75, 3.05) is 44.2 Å². The third-order valence-corrected chi connectivity index (χ3v) is 4.44. The molecule has 0 N–H and O–H groups in total. The van der Waals surface area contributed by atoms with E-state index in [4.69, 9.17) is 16.3 Å². The average Bonchev–Trinajstić information content (AvgIpc) is 2.56. The predicted molar refractivity (Wildman–Crippen MR) is 97.1 cm³/mol. The molecular weight excluding hydrogens is 324 g/mol. The first-order valence-electron chi connectivity index (χ1n) is 8.29. The number of aryl methyl sites for hydroxylation is 2. The second-order valence-electron chi connectivity index (χ2n) is 6.06. The Hall–Kier alpha value is -1.85. The van der Waals surface area contributed by atoms with E-state index in [1.54, 1.807) is 0 Å². The summed E-state index contributed by atoms with van der Waals surface area (Å²) >= 11 is 6.10. The van der Waals surface area contributed by atoms with Gasteiger partial charge in [0.2, 0.25) is 5.95 Å². The van der Waals surface area contributed by atoms with Gasteiger partial charge in [-0.2, -0.15) is 0 Å². The fraction of sp³-hybridized carbons (Fsp3) is 0.444. The number of ether oxygens (including phenoxy) is 1. The first-order chi connectivity index (χ1) is 11.6. The van der Waals surface area contributed by atoms with Gasteiger partial charge in [-0.1, -0.05) is 23.7 Å². The summed E-state index contributed by atoms with van der Waals surface area (Å²) in [4.78, 5) is 13.8. The first-order valence-corrected chi connectivity index (χ1v) is 8.66. The predicted octanol–water partition coefficient (Wildman–Crippen LogP) is 2.95. The van der Waals surface area contributed by atoms with Crippen molar-refractivity contribution in [1.29, 1.82) is 0 Å². The highest BCUT2D eigenvalue weighted by Crippen LogP contribution is 2.23. The maximum absolute atomic E-state index is 6.10. The molecule has 1 aromatic carbocycles. The zero-order valence-electron chi connectivity index (χ0n) is 14.2. The summed E-state index contributed by atoms with van der Waals surface area (Å²) in [6.07, 6.45) is 0. The summed E-state index contributed by atoms with van der Waals surface area (Å²) in [7, 11) is 0. The molecule has 5 nitrogen and oxygen atoms in total. The molecule has 2 heterocycles. The molecule has 1 aliphatic rings. The Kier molecular flexibility index (Phi) is 5.53. The number of benzene rings is 1. The van der Waals surface area contributed by atoms with Gasteiger partial charge in [0.15, 0.2) is 0 Å². The summed E-state index contributed by atoms with van der Waals surface area (Å²) in [5.74, 6) is 1.60. The summed E-state index contributed by atoms with van der Waals surface area (Å²) in [5, 5.41) is 0.661. The molecule has 0 aliphatic carbocycles. The molecule has 24 heavy (non-hydrogen) atoms. The Labute approximate surface area is 148 Å². The Morgan fingerprint density at radius 3 is 2.38 bits per heavy atom. The molecule has 3 rings (SSSR count). The first kappa shape index (κ1) is 17.0. The van der Waals surface area contributed by atoms with Crippen LogP contribution in [0, 0.1) is 13.8 Å². The SMILES string of the molecule is Cc1cc(C)nc(N2CCN(CCOc3ccccc3Cl)CC2)n1. The fourth-order valence-electron chi connectivity index (χ4n) is 2.87. The van der Waals surface area contributed by atoms with Crippen LogP contribution in [0.2, 0.25) is 5.02 Å². The monoisotopic (exact) mass is 346 g/mol. The van der Waals surface area contributed by atoms with Crippen LogP contribution in [0.5, 0.6) is 5.75 Å². The van der Waals surface area contributed by atoms with Crippen molar-refractivity contribution in [2.24, 2.45) is 0 Å². The van der Waals surface area contributed by atoms with Gasteiger partial charge in [0.25, 0.3) is 0 Å². The van der Waals surface area contributed by atoms with Gasteiger partial charge in [-0.15, -0.1) is 0 Å². The zero-order valence-corrected chi connectivity index (χ0v) is 15.0. The van der Waals surface area contributed by atoms with Crippen molar-refractivity contribution in [3.05, 3.63) is 46.7 Å². The zero-order chi connectivity index (χ0) is 16.9. The third-order valence-electron chi connectivity index (χ3n) is 4.13. The van der Waals surface area contributed by atoms with Crippen LogP contribution in [0.4, 0.5) is 5.95 Å². The summed E-state index contributed by atoms with van der Waals surface area (Å²) in [6.45, 7) is 9.42. The lowest BCUT2D eigenvalue weighted by Gasteiger charge is -2.34. The molecule has 0 radical (unpaired) electrons. The van der Waals surface area contributed by atoms with Gasteiger partial charge < -0.3 is 9.64 Å². The molecule has 0 bridgehead atoms. The molecular formula is C18H23ClN4O. The molecule has 1 aromatic heterocycles. The highest BCUT2D eigenvalue weighted by molar-refractivity contribution is 6.32. The van der Waals surface area contributed by atoms with Gasteiger partial charge >= 0.3 is 0 Å². The number of hydrogen-bond donors (Lipinski definition) is 0. The van der Waals surface area contributed by atoms with Crippen LogP contribution in [-0.4, -0.2) is 54.2 Å². The second-order valence-corrected chi connectivity index (χ2v) is 6.47. The van der Waals surface area contributed by atoms with Crippen molar-refractivity contribution in [3.8, 4) is 5.75 Å². The number of aromatic nitrogens is 2. The minimum atomic E-state index is 0.643. The lowest BCUT2D eigenvalue weighted by Crippen LogP contribution is -2.48. The van der Waals surface area contributed by atoms with Gasteiger partial charge in [-0.3, -0.25) is 4.90 Å². The number of anilines is 1. The Bertz CT molecular complexity index is 666. The smallest absolute Gasteiger partial charge is 0.225 e. The van der Waals surface area contributed by atoms with Gasteiger partial charge in [0, 0.05) is 44.1 Å². The minimum absolute atomic E-state index is 0.643. The van der Waals surface area contributed by atoms with Crippen LogP contribution in [0.25, 0.3) is 0 Å². The molecule has 0 spiro atoms. The number of halogens is 1. The quantitative estimate of drug-likeness (QED) is 0.832. The molecule has 1 saturated heterocycles. The molecule has 0 saturated carbocycles. The summed E-state index contributed by atoms with van der Waals surface area (Å²) in [5.41, 5.74) is 2.04.